The molecule has 1 aromatic heterocycles. The maximum atomic E-state index is 12.3. The van der Waals surface area contributed by atoms with E-state index in [1.54, 1.807) is 4.57 Å². The first-order chi connectivity index (χ1) is 9.95. The molecule has 0 aromatic carbocycles. The van der Waals surface area contributed by atoms with Gasteiger partial charge in [0.05, 0.1) is 0 Å². The fraction of sp³-hybridized carbons (Fsp3) is 0.643. The average molecular weight is 332 g/mol. The second kappa shape index (κ2) is 5.65. The Morgan fingerprint density at radius 1 is 1.19 bits per heavy atom. The van der Waals surface area contributed by atoms with E-state index in [-0.39, 0.29) is 17.0 Å². The highest BCUT2D eigenvalue weighted by molar-refractivity contribution is 8.13. The Bertz CT molecular complexity index is 642. The first-order valence-corrected chi connectivity index (χ1v) is 9.63. The van der Waals surface area contributed by atoms with Gasteiger partial charge in [-0.3, -0.25) is 0 Å². The minimum atomic E-state index is -3.84. The highest BCUT2D eigenvalue weighted by atomic mass is 35.7. The molecule has 0 amide bonds. The van der Waals surface area contributed by atoms with E-state index in [2.05, 4.69) is 0 Å². The maximum Gasteiger partial charge on any atom is 0.355 e. The number of halogens is 1. The standard InChI is InChI=1S/C14H18ClNO4S/c15-21(18,19)12-8-13(14(17)20-11-6-3-7-11)16(9-12)10-4-1-2-5-10/h8-11H,1-7H2. The molecule has 0 N–H and O–H groups in total. The zero-order valence-corrected chi connectivity index (χ0v) is 13.2. The van der Waals surface area contributed by atoms with Gasteiger partial charge in [0.2, 0.25) is 0 Å². The van der Waals surface area contributed by atoms with Crippen LogP contribution in [0.4, 0.5) is 0 Å². The van der Waals surface area contributed by atoms with Crippen LogP contribution in [0.2, 0.25) is 0 Å². The van der Waals surface area contributed by atoms with Crippen molar-refractivity contribution in [3.8, 4) is 0 Å². The van der Waals surface area contributed by atoms with Crippen molar-refractivity contribution in [3.05, 3.63) is 18.0 Å². The molecule has 0 atom stereocenters. The Morgan fingerprint density at radius 3 is 2.38 bits per heavy atom. The zero-order chi connectivity index (χ0) is 15.0. The summed E-state index contributed by atoms with van der Waals surface area (Å²) in [7, 11) is 1.56. The van der Waals surface area contributed by atoms with Crippen LogP contribution in [0.15, 0.2) is 17.2 Å². The summed E-state index contributed by atoms with van der Waals surface area (Å²) in [5.41, 5.74) is 0.299. The second-order valence-electron chi connectivity index (χ2n) is 5.80. The summed E-state index contributed by atoms with van der Waals surface area (Å²) >= 11 is 0. The fourth-order valence-electron chi connectivity index (χ4n) is 2.94. The van der Waals surface area contributed by atoms with Gasteiger partial charge >= 0.3 is 5.97 Å². The third-order valence-electron chi connectivity index (χ3n) is 4.36. The lowest BCUT2D eigenvalue weighted by Gasteiger charge is -2.25. The lowest BCUT2D eigenvalue weighted by Crippen LogP contribution is -2.26. The molecule has 3 rings (SSSR count). The molecule has 2 aliphatic rings. The van der Waals surface area contributed by atoms with Gasteiger partial charge in [-0.15, -0.1) is 0 Å². The molecule has 0 saturated heterocycles. The third kappa shape index (κ3) is 3.11. The average Bonchev–Trinajstić information content (AvgIpc) is 2.99. The molecule has 0 aliphatic heterocycles. The molecule has 0 bridgehead atoms. The number of hydrogen-bond acceptors (Lipinski definition) is 4. The number of ether oxygens (including phenoxy) is 1. The highest BCUT2D eigenvalue weighted by Gasteiger charge is 2.29. The minimum Gasteiger partial charge on any atom is -0.458 e. The van der Waals surface area contributed by atoms with Gasteiger partial charge in [-0.05, 0) is 38.2 Å². The molecule has 0 spiro atoms. The molecule has 5 nitrogen and oxygen atoms in total. The largest absolute Gasteiger partial charge is 0.458 e. The Morgan fingerprint density at radius 2 is 1.86 bits per heavy atom. The molecule has 2 fully saturated rings. The normalized spacial score (nSPS) is 20.4. The van der Waals surface area contributed by atoms with Gasteiger partial charge in [0.15, 0.2) is 0 Å². The van der Waals surface area contributed by atoms with Crippen LogP contribution in [-0.4, -0.2) is 25.1 Å². The van der Waals surface area contributed by atoms with Gasteiger partial charge in [-0.1, -0.05) is 12.8 Å². The van der Waals surface area contributed by atoms with Crippen molar-refractivity contribution >= 4 is 25.7 Å². The fourth-order valence-corrected chi connectivity index (χ4v) is 3.68. The molecule has 1 heterocycles. The van der Waals surface area contributed by atoms with Gasteiger partial charge in [0.25, 0.3) is 9.05 Å². The molecule has 0 radical (unpaired) electrons. The summed E-state index contributed by atoms with van der Waals surface area (Å²) in [5, 5.41) is 0. The molecule has 1 aromatic rings. The van der Waals surface area contributed by atoms with Gasteiger partial charge in [-0.25, -0.2) is 13.2 Å². The van der Waals surface area contributed by atoms with Crippen molar-refractivity contribution in [1.29, 1.82) is 0 Å². The van der Waals surface area contributed by atoms with E-state index in [1.807, 2.05) is 0 Å². The first-order valence-electron chi connectivity index (χ1n) is 7.32. The van der Waals surface area contributed by atoms with Crippen molar-refractivity contribution < 1.29 is 17.9 Å². The van der Waals surface area contributed by atoms with Crippen LogP contribution in [0.1, 0.15) is 61.5 Å². The summed E-state index contributed by atoms with van der Waals surface area (Å²) < 4.78 is 30.2. The predicted octanol–water partition coefficient (Wildman–Crippen LogP) is 3.24. The van der Waals surface area contributed by atoms with E-state index in [9.17, 15) is 13.2 Å². The van der Waals surface area contributed by atoms with Crippen LogP contribution in [0.25, 0.3) is 0 Å². The number of hydrogen-bond donors (Lipinski definition) is 0. The predicted molar refractivity (Wildman–Crippen MR) is 78.0 cm³/mol. The summed E-state index contributed by atoms with van der Waals surface area (Å²) in [6.45, 7) is 0. The van der Waals surface area contributed by atoms with Crippen molar-refractivity contribution in [1.82, 2.24) is 4.57 Å². The van der Waals surface area contributed by atoms with Crippen molar-refractivity contribution in [2.75, 3.05) is 0 Å². The Balaban J connectivity index is 1.91. The van der Waals surface area contributed by atoms with Gasteiger partial charge in [0.1, 0.15) is 16.7 Å². The molecule has 116 valence electrons. The van der Waals surface area contributed by atoms with E-state index < -0.39 is 15.0 Å². The summed E-state index contributed by atoms with van der Waals surface area (Å²) in [6, 6.07) is 1.49. The summed E-state index contributed by atoms with van der Waals surface area (Å²) in [6.07, 6.45) is 8.35. The lowest BCUT2D eigenvalue weighted by molar-refractivity contribution is 0.00767. The van der Waals surface area contributed by atoms with E-state index in [4.69, 9.17) is 15.4 Å². The molecule has 2 aliphatic carbocycles. The second-order valence-corrected chi connectivity index (χ2v) is 8.37. The lowest BCUT2D eigenvalue weighted by atomic mass is 9.96. The monoisotopic (exact) mass is 331 g/mol. The van der Waals surface area contributed by atoms with Crippen LogP contribution in [0, 0.1) is 0 Å². The maximum absolute atomic E-state index is 12.3. The Hall–Kier alpha value is -1.01. The van der Waals surface area contributed by atoms with E-state index in [1.165, 1.54) is 12.3 Å². The molecule has 2 saturated carbocycles. The molecule has 21 heavy (non-hydrogen) atoms. The molecule has 0 unspecified atom stereocenters. The topological polar surface area (TPSA) is 65.4 Å². The van der Waals surface area contributed by atoms with Crippen molar-refractivity contribution in [2.24, 2.45) is 0 Å². The Kier molecular flexibility index (Phi) is 4.01. The van der Waals surface area contributed by atoms with Crippen LogP contribution in [-0.2, 0) is 13.8 Å². The van der Waals surface area contributed by atoms with Crippen LogP contribution >= 0.6 is 10.7 Å². The SMILES string of the molecule is O=C(OC1CCC1)c1cc(S(=O)(=O)Cl)cn1C1CCCC1. The van der Waals surface area contributed by atoms with E-state index in [0.717, 1.165) is 44.9 Å². The van der Waals surface area contributed by atoms with Crippen LogP contribution < -0.4 is 0 Å². The number of esters is 1. The number of carbonyl (C=O) groups excluding carboxylic acids is 1. The molecular weight excluding hydrogens is 314 g/mol. The summed E-state index contributed by atoms with van der Waals surface area (Å²) in [5.74, 6) is -0.446. The van der Waals surface area contributed by atoms with Gasteiger partial charge in [0, 0.05) is 22.9 Å². The third-order valence-corrected chi connectivity index (χ3v) is 5.68. The minimum absolute atomic E-state index is 0.0273. The Labute approximate surface area is 128 Å². The van der Waals surface area contributed by atoms with Gasteiger partial charge < -0.3 is 9.30 Å². The van der Waals surface area contributed by atoms with Crippen molar-refractivity contribution in [2.45, 2.75) is 62.0 Å². The number of carbonyl (C=O) groups is 1. The number of nitrogens with zero attached hydrogens (tertiary/aromatic N) is 1. The zero-order valence-electron chi connectivity index (χ0n) is 11.6. The van der Waals surface area contributed by atoms with Crippen LogP contribution in [0.5, 0.6) is 0 Å². The van der Waals surface area contributed by atoms with E-state index in [0.29, 0.717) is 5.69 Å². The van der Waals surface area contributed by atoms with Crippen LogP contribution in [0.3, 0.4) is 0 Å². The quantitative estimate of drug-likeness (QED) is 0.627. The first kappa shape index (κ1) is 14.9. The summed E-state index contributed by atoms with van der Waals surface area (Å²) in [4.78, 5) is 12.3. The van der Waals surface area contributed by atoms with Crippen molar-refractivity contribution in [3.63, 3.8) is 0 Å². The van der Waals surface area contributed by atoms with Gasteiger partial charge in [-0.2, -0.15) is 0 Å². The molecule has 7 heteroatoms. The number of rotatable bonds is 4. The highest BCUT2D eigenvalue weighted by Crippen LogP contribution is 2.33. The van der Waals surface area contributed by atoms with E-state index >= 15 is 0 Å². The molecular formula is C14H18ClNO4S. The smallest absolute Gasteiger partial charge is 0.355 e. The number of aromatic nitrogens is 1.